The van der Waals surface area contributed by atoms with Gasteiger partial charge >= 0.3 is 0 Å². The standard InChI is InChI=1S/C42H32N6/c1-42(2)35-19-17-29(38(43)32-15-9-10-16-37(32)45-31-21-23-44-24-22-31)25-33(35)34-26-30(18-20-36(34)42)41-47-39(27-11-5-3-6-12-27)46-40(48-41)28-13-7-4-8-14-28/h3-26,43H,1-2H3,(H,44,45). The number of fused-ring (bicyclic) bond motifs is 3. The van der Waals surface area contributed by atoms with Crippen molar-refractivity contribution in [3.63, 3.8) is 0 Å². The highest BCUT2D eigenvalue weighted by molar-refractivity contribution is 6.15. The average Bonchev–Trinajstić information content (AvgIpc) is 3.37. The third kappa shape index (κ3) is 5.23. The molecule has 48 heavy (non-hydrogen) atoms. The quantitative estimate of drug-likeness (QED) is 0.173. The molecule has 0 amide bonds. The summed E-state index contributed by atoms with van der Waals surface area (Å²) in [5.41, 5.74) is 11.3. The maximum absolute atomic E-state index is 9.33. The van der Waals surface area contributed by atoms with Crippen LogP contribution in [0.4, 0.5) is 11.4 Å². The summed E-state index contributed by atoms with van der Waals surface area (Å²) in [5, 5.41) is 12.8. The Kier molecular flexibility index (Phi) is 7.18. The normalized spacial score (nSPS) is 12.6. The number of anilines is 2. The Balaban J connectivity index is 1.22. The number of pyridine rings is 1. The SMILES string of the molecule is CC1(C)c2ccc(C(=N)c3ccccc3Nc3ccncc3)cc2-c2cc(-c3nc(-c4ccccc4)nc(-c4ccccc4)n3)ccc21. The van der Waals surface area contributed by atoms with Gasteiger partial charge in [0.1, 0.15) is 0 Å². The smallest absolute Gasteiger partial charge is 0.164 e. The van der Waals surface area contributed by atoms with E-state index in [4.69, 9.17) is 15.0 Å². The van der Waals surface area contributed by atoms with Gasteiger partial charge in [-0.25, -0.2) is 15.0 Å². The summed E-state index contributed by atoms with van der Waals surface area (Å²) in [7, 11) is 0. The van der Waals surface area contributed by atoms with E-state index >= 15 is 0 Å². The van der Waals surface area contributed by atoms with Gasteiger partial charge in [0.2, 0.25) is 0 Å². The van der Waals surface area contributed by atoms with E-state index in [1.54, 1.807) is 12.4 Å². The Morgan fingerprint density at radius 3 is 1.75 bits per heavy atom. The van der Waals surface area contributed by atoms with Gasteiger partial charge in [0.05, 0.1) is 5.71 Å². The fourth-order valence-electron chi connectivity index (χ4n) is 6.56. The summed E-state index contributed by atoms with van der Waals surface area (Å²) >= 11 is 0. The first kappa shape index (κ1) is 29.2. The number of para-hydroxylation sites is 1. The number of hydrogen-bond donors (Lipinski definition) is 2. The highest BCUT2D eigenvalue weighted by Crippen LogP contribution is 2.50. The zero-order chi connectivity index (χ0) is 32.7. The van der Waals surface area contributed by atoms with E-state index in [-0.39, 0.29) is 5.41 Å². The van der Waals surface area contributed by atoms with E-state index in [9.17, 15) is 5.41 Å². The summed E-state index contributed by atoms with van der Waals surface area (Å²) in [5.74, 6) is 1.89. The lowest BCUT2D eigenvalue weighted by Crippen LogP contribution is -2.15. The fourth-order valence-corrected chi connectivity index (χ4v) is 6.56. The van der Waals surface area contributed by atoms with Crippen LogP contribution in [0.2, 0.25) is 0 Å². The first-order chi connectivity index (χ1) is 23.5. The molecule has 2 heterocycles. The lowest BCUT2D eigenvalue weighted by Gasteiger charge is -2.21. The van der Waals surface area contributed by atoms with Crippen molar-refractivity contribution in [2.45, 2.75) is 19.3 Å². The van der Waals surface area contributed by atoms with Crippen LogP contribution >= 0.6 is 0 Å². The van der Waals surface area contributed by atoms with Crippen LogP contribution in [0.5, 0.6) is 0 Å². The molecule has 2 N–H and O–H groups in total. The topological polar surface area (TPSA) is 87.4 Å². The molecule has 0 saturated carbocycles. The summed E-state index contributed by atoms with van der Waals surface area (Å²) in [6.45, 7) is 4.53. The molecule has 0 spiro atoms. The highest BCUT2D eigenvalue weighted by atomic mass is 15.0. The molecule has 0 saturated heterocycles. The molecule has 7 aromatic rings. The van der Waals surface area contributed by atoms with Crippen molar-refractivity contribution in [2.75, 3.05) is 5.32 Å². The monoisotopic (exact) mass is 620 g/mol. The van der Waals surface area contributed by atoms with E-state index in [0.29, 0.717) is 23.2 Å². The number of nitrogens with one attached hydrogen (secondary N) is 2. The molecule has 6 nitrogen and oxygen atoms in total. The van der Waals surface area contributed by atoms with Gasteiger partial charge in [0.25, 0.3) is 0 Å². The van der Waals surface area contributed by atoms with Gasteiger partial charge in [-0.15, -0.1) is 0 Å². The number of rotatable bonds is 7. The molecule has 1 aliphatic carbocycles. The molecule has 0 atom stereocenters. The lowest BCUT2D eigenvalue weighted by molar-refractivity contribution is 0.660. The number of nitrogens with zero attached hydrogens (tertiary/aromatic N) is 4. The van der Waals surface area contributed by atoms with Gasteiger partial charge in [-0.05, 0) is 52.6 Å². The first-order valence-electron chi connectivity index (χ1n) is 16.0. The van der Waals surface area contributed by atoms with Crippen LogP contribution in [0.3, 0.4) is 0 Å². The van der Waals surface area contributed by atoms with Crippen molar-refractivity contribution in [1.82, 2.24) is 19.9 Å². The molecule has 1 aliphatic rings. The Morgan fingerprint density at radius 2 is 1.10 bits per heavy atom. The van der Waals surface area contributed by atoms with Gasteiger partial charge in [-0.3, -0.25) is 10.4 Å². The molecular formula is C42H32N6. The Labute approximate surface area is 279 Å². The van der Waals surface area contributed by atoms with E-state index < -0.39 is 0 Å². The summed E-state index contributed by atoms with van der Waals surface area (Å²) in [6.07, 6.45) is 3.51. The minimum absolute atomic E-state index is 0.200. The molecule has 0 unspecified atom stereocenters. The van der Waals surface area contributed by atoms with Crippen LogP contribution < -0.4 is 5.32 Å². The molecule has 0 bridgehead atoms. The van der Waals surface area contributed by atoms with Gasteiger partial charge in [0.15, 0.2) is 17.5 Å². The molecule has 5 aromatic carbocycles. The average molecular weight is 621 g/mol. The minimum atomic E-state index is -0.200. The summed E-state index contributed by atoms with van der Waals surface area (Å²) in [6, 6.07) is 44.8. The highest BCUT2D eigenvalue weighted by Gasteiger charge is 2.36. The number of hydrogen-bond acceptors (Lipinski definition) is 6. The maximum Gasteiger partial charge on any atom is 0.164 e. The van der Waals surface area contributed by atoms with Crippen LogP contribution in [0.1, 0.15) is 36.1 Å². The maximum atomic E-state index is 9.33. The number of aromatic nitrogens is 4. The molecule has 2 aromatic heterocycles. The predicted molar refractivity (Wildman–Crippen MR) is 194 cm³/mol. The van der Waals surface area contributed by atoms with Crippen LogP contribution in [0, 0.1) is 5.41 Å². The van der Waals surface area contributed by atoms with Crippen molar-refractivity contribution in [1.29, 1.82) is 5.41 Å². The number of benzene rings is 5. The van der Waals surface area contributed by atoms with Crippen LogP contribution in [0.15, 0.2) is 146 Å². The zero-order valence-corrected chi connectivity index (χ0v) is 26.6. The second kappa shape index (κ2) is 11.8. The Bertz CT molecular complexity index is 2240. The zero-order valence-electron chi connectivity index (χ0n) is 26.6. The second-order valence-corrected chi connectivity index (χ2v) is 12.5. The van der Waals surface area contributed by atoms with E-state index in [0.717, 1.165) is 50.3 Å². The van der Waals surface area contributed by atoms with Crippen molar-refractivity contribution in [3.8, 4) is 45.3 Å². The third-order valence-corrected chi connectivity index (χ3v) is 9.08. The molecule has 6 heteroatoms. The lowest BCUT2D eigenvalue weighted by atomic mass is 9.82. The van der Waals surface area contributed by atoms with Crippen molar-refractivity contribution in [3.05, 3.63) is 168 Å². The van der Waals surface area contributed by atoms with E-state index in [1.807, 2.05) is 97.1 Å². The van der Waals surface area contributed by atoms with Crippen molar-refractivity contribution in [2.24, 2.45) is 0 Å². The van der Waals surface area contributed by atoms with Gasteiger partial charge in [-0.1, -0.05) is 117 Å². The van der Waals surface area contributed by atoms with Crippen LogP contribution in [-0.4, -0.2) is 25.6 Å². The van der Waals surface area contributed by atoms with Crippen molar-refractivity contribution < 1.29 is 0 Å². The molecular weight excluding hydrogens is 589 g/mol. The molecule has 0 aliphatic heterocycles. The van der Waals surface area contributed by atoms with E-state index in [2.05, 4.69) is 60.5 Å². The predicted octanol–water partition coefficient (Wildman–Crippen LogP) is 9.73. The molecule has 0 radical (unpaired) electrons. The fraction of sp³-hybridized carbons (Fsp3) is 0.0714. The first-order valence-corrected chi connectivity index (χ1v) is 16.0. The van der Waals surface area contributed by atoms with Gasteiger partial charge in [0, 0.05) is 57.0 Å². The van der Waals surface area contributed by atoms with Gasteiger partial charge in [-0.2, -0.15) is 0 Å². The molecule has 8 rings (SSSR count). The van der Waals surface area contributed by atoms with Crippen LogP contribution in [0.25, 0.3) is 45.3 Å². The van der Waals surface area contributed by atoms with Crippen LogP contribution in [-0.2, 0) is 5.41 Å². The Hall–Kier alpha value is -6.27. The van der Waals surface area contributed by atoms with Crippen molar-refractivity contribution >= 4 is 17.1 Å². The molecule has 230 valence electrons. The van der Waals surface area contributed by atoms with Gasteiger partial charge < -0.3 is 5.32 Å². The minimum Gasteiger partial charge on any atom is -0.355 e. The Morgan fingerprint density at radius 1 is 0.562 bits per heavy atom. The van der Waals surface area contributed by atoms with E-state index in [1.165, 1.54) is 11.1 Å². The summed E-state index contributed by atoms with van der Waals surface area (Å²) in [4.78, 5) is 19.0. The summed E-state index contributed by atoms with van der Waals surface area (Å²) < 4.78 is 0. The largest absolute Gasteiger partial charge is 0.355 e. The second-order valence-electron chi connectivity index (χ2n) is 12.5. The third-order valence-electron chi connectivity index (χ3n) is 9.08. The molecule has 0 fully saturated rings.